The van der Waals surface area contributed by atoms with Gasteiger partial charge in [-0.05, 0) is 49.8 Å². The third kappa shape index (κ3) is 3.44. The number of nitrogens with zero attached hydrogens (tertiary/aromatic N) is 2. The van der Waals surface area contributed by atoms with E-state index in [0.29, 0.717) is 13.0 Å². The highest BCUT2D eigenvalue weighted by atomic mass is 32.2. The quantitative estimate of drug-likeness (QED) is 0.836. The van der Waals surface area contributed by atoms with E-state index in [-0.39, 0.29) is 17.9 Å². The van der Waals surface area contributed by atoms with Crippen molar-refractivity contribution >= 4 is 10.0 Å². The van der Waals surface area contributed by atoms with Crippen LogP contribution in [-0.4, -0.2) is 42.7 Å². The summed E-state index contributed by atoms with van der Waals surface area (Å²) >= 11 is 0. The number of hydrogen-bond acceptors (Lipinski definition) is 4. The number of sulfonamides is 1. The first-order valence-corrected chi connectivity index (χ1v) is 9.29. The van der Waals surface area contributed by atoms with Crippen molar-refractivity contribution in [2.75, 3.05) is 18.9 Å². The van der Waals surface area contributed by atoms with Gasteiger partial charge in [0.05, 0.1) is 11.9 Å². The van der Waals surface area contributed by atoms with Gasteiger partial charge in [-0.1, -0.05) is 0 Å². The highest BCUT2D eigenvalue weighted by Crippen LogP contribution is 2.34. The molecule has 2 saturated heterocycles. The van der Waals surface area contributed by atoms with Crippen LogP contribution in [0.25, 0.3) is 0 Å². The van der Waals surface area contributed by atoms with Gasteiger partial charge in [0.2, 0.25) is 10.0 Å². The van der Waals surface area contributed by atoms with Crippen molar-refractivity contribution in [3.63, 3.8) is 0 Å². The molecule has 0 amide bonds. The lowest BCUT2D eigenvalue weighted by Crippen LogP contribution is -2.33. The second-order valence-electron chi connectivity index (χ2n) is 5.79. The first kappa shape index (κ1) is 14.9. The fourth-order valence-corrected chi connectivity index (χ4v) is 5.08. The number of ether oxygens (including phenoxy) is 1. The Balaban J connectivity index is 1.68. The Kier molecular flexibility index (Phi) is 4.57. The van der Waals surface area contributed by atoms with Crippen LogP contribution in [0, 0.1) is 0 Å². The third-order valence-corrected chi connectivity index (χ3v) is 6.28. The molecule has 0 saturated carbocycles. The Bertz CT molecular complexity index is 556. The van der Waals surface area contributed by atoms with Gasteiger partial charge in [-0.3, -0.25) is 4.98 Å². The molecule has 2 atom stereocenters. The van der Waals surface area contributed by atoms with Crippen molar-refractivity contribution in [3.8, 4) is 0 Å². The minimum atomic E-state index is -3.21. The van der Waals surface area contributed by atoms with Crippen LogP contribution < -0.4 is 0 Å². The summed E-state index contributed by atoms with van der Waals surface area (Å²) in [4.78, 5) is 4.01. The molecule has 0 radical (unpaired) electrons. The SMILES string of the molecule is O=S(=O)(CCC1CCCO1)N1CCCC1c1ccncc1. The molecule has 6 heteroatoms. The van der Waals surface area contributed by atoms with Crippen LogP contribution in [0.15, 0.2) is 24.5 Å². The van der Waals surface area contributed by atoms with Crippen molar-refractivity contribution < 1.29 is 13.2 Å². The largest absolute Gasteiger partial charge is 0.378 e. The van der Waals surface area contributed by atoms with Crippen LogP contribution in [0.3, 0.4) is 0 Å². The highest BCUT2D eigenvalue weighted by molar-refractivity contribution is 7.89. The van der Waals surface area contributed by atoms with Crippen LogP contribution >= 0.6 is 0 Å². The molecule has 0 bridgehead atoms. The van der Waals surface area contributed by atoms with E-state index in [1.807, 2.05) is 12.1 Å². The maximum Gasteiger partial charge on any atom is 0.214 e. The fourth-order valence-electron chi connectivity index (χ4n) is 3.26. The van der Waals surface area contributed by atoms with Crippen molar-refractivity contribution in [1.29, 1.82) is 0 Å². The molecule has 2 fully saturated rings. The molecule has 1 aromatic heterocycles. The molecular formula is C15H22N2O3S. The summed E-state index contributed by atoms with van der Waals surface area (Å²) in [6.45, 7) is 1.40. The Morgan fingerprint density at radius 1 is 1.24 bits per heavy atom. The van der Waals surface area contributed by atoms with Crippen molar-refractivity contribution in [2.45, 2.75) is 44.2 Å². The molecule has 116 valence electrons. The van der Waals surface area contributed by atoms with Crippen LogP contribution in [0.4, 0.5) is 0 Å². The lowest BCUT2D eigenvalue weighted by molar-refractivity contribution is 0.108. The highest BCUT2D eigenvalue weighted by Gasteiger charge is 2.35. The molecule has 5 nitrogen and oxygen atoms in total. The first-order valence-electron chi connectivity index (χ1n) is 7.68. The molecule has 0 aromatic carbocycles. The average molecular weight is 310 g/mol. The van der Waals surface area contributed by atoms with Crippen LogP contribution in [0.2, 0.25) is 0 Å². The predicted octanol–water partition coefficient (Wildman–Crippen LogP) is 2.12. The zero-order chi connectivity index (χ0) is 14.7. The average Bonchev–Trinajstić information content (AvgIpc) is 3.18. The monoisotopic (exact) mass is 310 g/mol. The third-order valence-electron chi connectivity index (χ3n) is 4.37. The van der Waals surface area contributed by atoms with E-state index in [2.05, 4.69) is 4.98 Å². The summed E-state index contributed by atoms with van der Waals surface area (Å²) in [6, 6.07) is 3.81. The van der Waals surface area contributed by atoms with Crippen LogP contribution in [0.5, 0.6) is 0 Å². The number of aromatic nitrogens is 1. The Labute approximate surface area is 126 Å². The zero-order valence-electron chi connectivity index (χ0n) is 12.1. The zero-order valence-corrected chi connectivity index (χ0v) is 13.0. The summed E-state index contributed by atoms with van der Waals surface area (Å²) in [5.41, 5.74) is 1.04. The molecule has 3 rings (SSSR count). The van der Waals surface area contributed by atoms with Gasteiger partial charge in [-0.15, -0.1) is 0 Å². The summed E-state index contributed by atoms with van der Waals surface area (Å²) in [5, 5.41) is 0. The van der Waals surface area contributed by atoms with Gasteiger partial charge < -0.3 is 4.74 Å². The van der Waals surface area contributed by atoms with Crippen LogP contribution in [-0.2, 0) is 14.8 Å². The predicted molar refractivity (Wildman–Crippen MR) is 80.3 cm³/mol. The van der Waals surface area contributed by atoms with E-state index in [1.165, 1.54) is 0 Å². The number of pyridine rings is 1. The number of rotatable bonds is 5. The lowest BCUT2D eigenvalue weighted by Gasteiger charge is -2.24. The van der Waals surface area contributed by atoms with E-state index >= 15 is 0 Å². The Hall–Kier alpha value is -0.980. The van der Waals surface area contributed by atoms with Crippen molar-refractivity contribution in [3.05, 3.63) is 30.1 Å². The Morgan fingerprint density at radius 3 is 2.76 bits per heavy atom. The van der Waals surface area contributed by atoms with E-state index in [0.717, 1.165) is 37.9 Å². The molecule has 2 aliphatic rings. The van der Waals surface area contributed by atoms with Gasteiger partial charge in [0.15, 0.2) is 0 Å². The minimum absolute atomic E-state index is 0.0255. The molecule has 2 aliphatic heterocycles. The van der Waals surface area contributed by atoms with Gasteiger partial charge in [-0.2, -0.15) is 4.31 Å². The van der Waals surface area contributed by atoms with E-state index < -0.39 is 10.0 Å². The number of hydrogen-bond donors (Lipinski definition) is 0. The summed E-state index contributed by atoms with van der Waals surface area (Å²) in [5.74, 6) is 0.194. The topological polar surface area (TPSA) is 59.5 Å². The van der Waals surface area contributed by atoms with E-state index in [9.17, 15) is 8.42 Å². The molecule has 0 aliphatic carbocycles. The van der Waals surface area contributed by atoms with E-state index in [1.54, 1.807) is 16.7 Å². The first-order chi connectivity index (χ1) is 10.2. The molecule has 3 heterocycles. The second kappa shape index (κ2) is 6.42. The molecule has 21 heavy (non-hydrogen) atoms. The molecule has 0 spiro atoms. The van der Waals surface area contributed by atoms with Crippen LogP contribution in [0.1, 0.15) is 43.7 Å². The van der Waals surface area contributed by atoms with Crippen molar-refractivity contribution in [1.82, 2.24) is 9.29 Å². The maximum atomic E-state index is 12.6. The van der Waals surface area contributed by atoms with Gasteiger partial charge in [-0.25, -0.2) is 8.42 Å². The summed E-state index contributed by atoms with van der Waals surface area (Å²) < 4.78 is 32.5. The molecule has 1 aromatic rings. The normalized spacial score (nSPS) is 27.2. The van der Waals surface area contributed by atoms with Gasteiger partial charge >= 0.3 is 0 Å². The molecule has 2 unspecified atom stereocenters. The van der Waals surface area contributed by atoms with Gasteiger partial charge in [0.1, 0.15) is 0 Å². The molecular weight excluding hydrogens is 288 g/mol. The van der Waals surface area contributed by atoms with E-state index in [4.69, 9.17) is 4.74 Å². The van der Waals surface area contributed by atoms with Gasteiger partial charge in [0.25, 0.3) is 0 Å². The minimum Gasteiger partial charge on any atom is -0.378 e. The molecule has 0 N–H and O–H groups in total. The smallest absolute Gasteiger partial charge is 0.214 e. The summed E-state index contributed by atoms with van der Waals surface area (Å²) in [6.07, 6.45) is 8.05. The standard InChI is InChI=1S/C15H22N2O3S/c18-21(19,12-7-14-3-2-11-20-14)17-10-1-4-15(17)13-5-8-16-9-6-13/h5-6,8-9,14-15H,1-4,7,10-12H2. The Morgan fingerprint density at radius 2 is 2.05 bits per heavy atom. The lowest BCUT2D eigenvalue weighted by atomic mass is 10.1. The fraction of sp³-hybridized carbons (Fsp3) is 0.667. The van der Waals surface area contributed by atoms with Crippen molar-refractivity contribution in [2.24, 2.45) is 0 Å². The van der Waals surface area contributed by atoms with Gasteiger partial charge in [0, 0.05) is 31.6 Å². The second-order valence-corrected chi connectivity index (χ2v) is 7.83. The maximum absolute atomic E-state index is 12.6. The summed E-state index contributed by atoms with van der Waals surface area (Å²) in [7, 11) is -3.21.